The van der Waals surface area contributed by atoms with E-state index in [-0.39, 0.29) is 6.29 Å². The van der Waals surface area contributed by atoms with Crippen molar-refractivity contribution in [1.82, 2.24) is 0 Å². The van der Waals surface area contributed by atoms with Crippen LogP contribution in [0.15, 0.2) is 0 Å². The van der Waals surface area contributed by atoms with Gasteiger partial charge < -0.3 is 20.4 Å². The van der Waals surface area contributed by atoms with E-state index in [9.17, 15) is 9.59 Å². The van der Waals surface area contributed by atoms with Crippen LogP contribution in [0.1, 0.15) is 0 Å². The first-order chi connectivity index (χ1) is 5.54. The molecule has 0 radical (unpaired) electrons. The first-order valence-electron chi connectivity index (χ1n) is 3.18. The quantitative estimate of drug-likeness (QED) is 0.261. The molecule has 0 bridgehead atoms. The molecular weight excluding hydrogens is 168 g/mol. The second-order valence-electron chi connectivity index (χ2n) is 2.21. The van der Waals surface area contributed by atoms with Gasteiger partial charge in [0.2, 0.25) is 5.78 Å². The highest BCUT2D eigenvalue weighted by Gasteiger charge is 2.29. The number of aldehydes is 1. The van der Waals surface area contributed by atoms with Crippen molar-refractivity contribution < 1.29 is 30.0 Å². The molecule has 0 rings (SSSR count). The molecule has 0 saturated carbocycles. The third kappa shape index (κ3) is 2.67. The van der Waals surface area contributed by atoms with Crippen LogP contribution < -0.4 is 0 Å². The summed E-state index contributed by atoms with van der Waals surface area (Å²) in [6.45, 7) is -0.801. The van der Waals surface area contributed by atoms with Crippen LogP contribution in [-0.4, -0.2) is 57.4 Å². The van der Waals surface area contributed by atoms with Crippen molar-refractivity contribution in [2.24, 2.45) is 0 Å². The smallest absolute Gasteiger partial charge is 0.226 e. The van der Waals surface area contributed by atoms with Crippen LogP contribution in [0.3, 0.4) is 0 Å². The lowest BCUT2D eigenvalue weighted by atomic mass is 10.1. The predicted molar refractivity (Wildman–Crippen MR) is 36.2 cm³/mol. The maximum Gasteiger partial charge on any atom is 0.226 e. The van der Waals surface area contributed by atoms with Crippen molar-refractivity contribution in [1.29, 1.82) is 0 Å². The molecule has 70 valence electrons. The Morgan fingerprint density at radius 3 is 2.17 bits per heavy atom. The van der Waals surface area contributed by atoms with E-state index in [4.69, 9.17) is 20.4 Å². The van der Waals surface area contributed by atoms with Crippen molar-refractivity contribution in [3.05, 3.63) is 0 Å². The van der Waals surface area contributed by atoms with Crippen molar-refractivity contribution in [3.8, 4) is 0 Å². The van der Waals surface area contributed by atoms with Gasteiger partial charge in [0.15, 0.2) is 6.29 Å². The number of carbonyl (C=O) groups is 2. The summed E-state index contributed by atoms with van der Waals surface area (Å²) in [5.74, 6) is -1.24. The van der Waals surface area contributed by atoms with Gasteiger partial charge in [-0.2, -0.15) is 0 Å². The lowest BCUT2D eigenvalue weighted by molar-refractivity contribution is -0.145. The van der Waals surface area contributed by atoms with E-state index in [1.54, 1.807) is 0 Å². The molecule has 0 aromatic heterocycles. The highest BCUT2D eigenvalue weighted by Crippen LogP contribution is 1.99. The summed E-state index contributed by atoms with van der Waals surface area (Å²) in [4.78, 5) is 20.2. The summed E-state index contributed by atoms with van der Waals surface area (Å²) in [6.07, 6.45) is -5.63. The number of carbonyl (C=O) groups excluding carboxylic acids is 2. The molecule has 0 aromatic rings. The lowest BCUT2D eigenvalue weighted by Gasteiger charge is -2.18. The van der Waals surface area contributed by atoms with Gasteiger partial charge in [-0.3, -0.25) is 9.59 Å². The highest BCUT2D eigenvalue weighted by atomic mass is 16.4. The van der Waals surface area contributed by atoms with Gasteiger partial charge in [0.25, 0.3) is 0 Å². The Bertz CT molecular complexity index is 167. The Labute approximate surface area is 68.1 Å². The normalized spacial score (nSPS) is 18.0. The largest absolute Gasteiger partial charge is 0.394 e. The fourth-order valence-electron chi connectivity index (χ4n) is 0.556. The molecule has 0 amide bonds. The minimum Gasteiger partial charge on any atom is -0.394 e. The first kappa shape index (κ1) is 11.2. The minimum absolute atomic E-state index is 0.169. The number of ketones is 1. The summed E-state index contributed by atoms with van der Waals surface area (Å²) in [6, 6.07) is 0. The minimum atomic E-state index is -1.98. The molecule has 0 heterocycles. The van der Waals surface area contributed by atoms with E-state index in [1.165, 1.54) is 0 Å². The number of hydrogen-bond acceptors (Lipinski definition) is 6. The van der Waals surface area contributed by atoms with Crippen LogP contribution in [-0.2, 0) is 9.59 Å². The molecular formula is C6H10O6. The molecule has 0 fully saturated rings. The van der Waals surface area contributed by atoms with Gasteiger partial charge in [0, 0.05) is 0 Å². The summed E-state index contributed by atoms with van der Waals surface area (Å²) in [5, 5.41) is 34.6. The summed E-state index contributed by atoms with van der Waals surface area (Å²) in [7, 11) is 0. The Kier molecular flexibility index (Phi) is 4.60. The van der Waals surface area contributed by atoms with Gasteiger partial charge >= 0.3 is 0 Å². The van der Waals surface area contributed by atoms with Crippen LogP contribution in [0, 0.1) is 0 Å². The number of hydrogen-bond donors (Lipinski definition) is 4. The molecule has 0 aliphatic carbocycles. The lowest BCUT2D eigenvalue weighted by Crippen LogP contribution is -2.44. The molecule has 0 aliphatic heterocycles. The average Bonchev–Trinajstić information content (AvgIpc) is 2.12. The number of aliphatic hydroxyl groups excluding tert-OH is 4. The second kappa shape index (κ2) is 4.94. The Morgan fingerprint density at radius 1 is 1.33 bits per heavy atom. The molecule has 0 saturated heterocycles. The van der Waals surface area contributed by atoms with Crippen LogP contribution in [0.2, 0.25) is 0 Å². The predicted octanol–water partition coefficient (Wildman–Crippen LogP) is -3.17. The van der Waals surface area contributed by atoms with Crippen molar-refractivity contribution in [2.45, 2.75) is 18.3 Å². The van der Waals surface area contributed by atoms with E-state index in [2.05, 4.69) is 0 Å². The van der Waals surface area contributed by atoms with Crippen molar-refractivity contribution in [3.63, 3.8) is 0 Å². The average molecular weight is 178 g/mol. The van der Waals surface area contributed by atoms with Crippen LogP contribution in [0.5, 0.6) is 0 Å². The van der Waals surface area contributed by atoms with Crippen LogP contribution in [0.4, 0.5) is 0 Å². The zero-order valence-corrected chi connectivity index (χ0v) is 6.12. The Morgan fingerprint density at radius 2 is 1.83 bits per heavy atom. The highest BCUT2D eigenvalue weighted by molar-refractivity contribution is 6.27. The summed E-state index contributed by atoms with van der Waals surface area (Å²) < 4.78 is 0. The van der Waals surface area contributed by atoms with Crippen molar-refractivity contribution >= 4 is 12.1 Å². The number of aliphatic hydroxyl groups is 4. The van der Waals surface area contributed by atoms with E-state index in [1.807, 2.05) is 0 Å². The molecule has 12 heavy (non-hydrogen) atoms. The molecule has 0 spiro atoms. The molecule has 0 aliphatic rings. The maximum absolute atomic E-state index is 10.4. The van der Waals surface area contributed by atoms with Crippen molar-refractivity contribution in [2.75, 3.05) is 6.61 Å². The van der Waals surface area contributed by atoms with Gasteiger partial charge in [-0.25, -0.2) is 0 Å². The molecule has 0 unspecified atom stereocenters. The fourth-order valence-corrected chi connectivity index (χ4v) is 0.556. The van der Waals surface area contributed by atoms with Gasteiger partial charge in [0.1, 0.15) is 18.3 Å². The maximum atomic E-state index is 10.4. The summed E-state index contributed by atoms with van der Waals surface area (Å²) in [5.41, 5.74) is 0. The van der Waals surface area contributed by atoms with E-state index < -0.39 is 30.7 Å². The number of rotatable bonds is 5. The zero-order valence-electron chi connectivity index (χ0n) is 6.12. The molecule has 6 nitrogen and oxygen atoms in total. The topological polar surface area (TPSA) is 115 Å². The van der Waals surface area contributed by atoms with Gasteiger partial charge in [-0.05, 0) is 0 Å². The first-order valence-corrected chi connectivity index (χ1v) is 3.18. The third-order valence-corrected chi connectivity index (χ3v) is 1.31. The number of Topliss-reactive ketones (excluding diaryl/α,β-unsaturated/α-hetero) is 1. The molecule has 6 heteroatoms. The second-order valence-corrected chi connectivity index (χ2v) is 2.21. The molecule has 3 atom stereocenters. The third-order valence-electron chi connectivity index (χ3n) is 1.31. The van der Waals surface area contributed by atoms with E-state index in [0.717, 1.165) is 0 Å². The fraction of sp³-hybridized carbons (Fsp3) is 0.667. The SMILES string of the molecule is O=CC(=O)[C@H](O)[C@H](O)[C@H](O)CO. The Hall–Kier alpha value is -0.820. The van der Waals surface area contributed by atoms with Crippen LogP contribution in [0.25, 0.3) is 0 Å². The van der Waals surface area contributed by atoms with Gasteiger partial charge in [-0.15, -0.1) is 0 Å². The van der Waals surface area contributed by atoms with Gasteiger partial charge in [-0.1, -0.05) is 0 Å². The Balaban J connectivity index is 4.17. The van der Waals surface area contributed by atoms with Gasteiger partial charge in [0.05, 0.1) is 6.61 Å². The van der Waals surface area contributed by atoms with E-state index in [0.29, 0.717) is 0 Å². The standard InChI is InChI=1S/C6H10O6/c7-1-3(9)5(11)6(12)4(10)2-8/h1,4-6,8,10-12H,2H2/t4-,5+,6-/m1/s1. The molecule has 0 aromatic carbocycles. The summed E-state index contributed by atoms with van der Waals surface area (Å²) >= 11 is 0. The monoisotopic (exact) mass is 178 g/mol. The zero-order chi connectivity index (χ0) is 9.72. The van der Waals surface area contributed by atoms with E-state index >= 15 is 0 Å². The molecule has 4 N–H and O–H groups in total. The van der Waals surface area contributed by atoms with Crippen LogP contribution >= 0.6 is 0 Å².